The molecule has 0 unspecified atom stereocenters. The van der Waals surface area contributed by atoms with Crippen LogP contribution in [0.25, 0.3) is 11.0 Å². The lowest BCUT2D eigenvalue weighted by atomic mass is 10.1. The topological polar surface area (TPSA) is 41.6 Å². The molecule has 0 amide bonds. The number of halogens is 1. The molecule has 0 atom stereocenters. The molecular formula is C16H12FN3. The number of benzene rings is 2. The molecule has 3 nitrogen and oxygen atoms in total. The van der Waals surface area contributed by atoms with E-state index in [1.54, 1.807) is 24.3 Å². The molecule has 0 bridgehead atoms. The van der Waals surface area contributed by atoms with Gasteiger partial charge >= 0.3 is 0 Å². The van der Waals surface area contributed by atoms with E-state index in [1.165, 1.54) is 6.07 Å². The molecule has 0 aliphatic rings. The summed E-state index contributed by atoms with van der Waals surface area (Å²) in [5.74, 6) is 0.553. The van der Waals surface area contributed by atoms with Gasteiger partial charge in [0.1, 0.15) is 11.6 Å². The van der Waals surface area contributed by atoms with Crippen LogP contribution in [0.2, 0.25) is 0 Å². The van der Waals surface area contributed by atoms with Crippen LogP contribution in [0.15, 0.2) is 42.5 Å². The molecule has 0 fully saturated rings. The molecule has 0 saturated heterocycles. The molecule has 0 radical (unpaired) electrons. The lowest BCUT2D eigenvalue weighted by Crippen LogP contribution is -2.00. The van der Waals surface area contributed by atoms with E-state index in [9.17, 15) is 4.39 Å². The summed E-state index contributed by atoms with van der Waals surface area (Å²) in [7, 11) is 1.90. The number of hydrogen-bond acceptors (Lipinski definition) is 2. The number of imidazole rings is 1. The van der Waals surface area contributed by atoms with Gasteiger partial charge in [-0.1, -0.05) is 18.2 Å². The number of hydrogen-bond donors (Lipinski definition) is 0. The van der Waals surface area contributed by atoms with Crippen molar-refractivity contribution in [1.29, 1.82) is 5.26 Å². The van der Waals surface area contributed by atoms with Crippen LogP contribution < -0.4 is 0 Å². The Morgan fingerprint density at radius 3 is 2.80 bits per heavy atom. The molecular weight excluding hydrogens is 253 g/mol. The lowest BCUT2D eigenvalue weighted by Gasteiger charge is -2.03. The Morgan fingerprint density at radius 1 is 1.25 bits per heavy atom. The normalized spacial score (nSPS) is 10.7. The molecule has 0 aliphatic heterocycles. The minimum Gasteiger partial charge on any atom is -0.331 e. The Labute approximate surface area is 115 Å². The molecule has 0 N–H and O–H groups in total. The van der Waals surface area contributed by atoms with Gasteiger partial charge in [-0.2, -0.15) is 5.26 Å². The SMILES string of the molecule is Cn1c(Cc2ccccc2F)nc2cc(C#N)ccc21. The van der Waals surface area contributed by atoms with Crippen LogP contribution in [0, 0.1) is 17.1 Å². The van der Waals surface area contributed by atoms with Crippen LogP contribution in [0.5, 0.6) is 0 Å². The average molecular weight is 265 g/mol. The van der Waals surface area contributed by atoms with Crippen molar-refractivity contribution < 1.29 is 4.39 Å². The summed E-state index contributed by atoms with van der Waals surface area (Å²) >= 11 is 0. The highest BCUT2D eigenvalue weighted by atomic mass is 19.1. The summed E-state index contributed by atoms with van der Waals surface area (Å²) in [5, 5.41) is 8.91. The zero-order valence-corrected chi connectivity index (χ0v) is 11.0. The quantitative estimate of drug-likeness (QED) is 0.714. The largest absolute Gasteiger partial charge is 0.331 e. The van der Waals surface area contributed by atoms with E-state index < -0.39 is 0 Å². The van der Waals surface area contributed by atoms with Gasteiger partial charge in [-0.25, -0.2) is 9.37 Å². The van der Waals surface area contributed by atoms with Crippen LogP contribution in [-0.4, -0.2) is 9.55 Å². The second kappa shape index (κ2) is 4.78. The van der Waals surface area contributed by atoms with Crippen LogP contribution >= 0.6 is 0 Å². The zero-order chi connectivity index (χ0) is 14.1. The van der Waals surface area contributed by atoms with Gasteiger partial charge < -0.3 is 4.57 Å². The van der Waals surface area contributed by atoms with Crippen molar-refractivity contribution in [3.8, 4) is 6.07 Å². The van der Waals surface area contributed by atoms with E-state index in [0.717, 1.165) is 16.9 Å². The Balaban J connectivity index is 2.07. The van der Waals surface area contributed by atoms with Gasteiger partial charge in [-0.15, -0.1) is 0 Å². The van der Waals surface area contributed by atoms with Crippen LogP contribution in [-0.2, 0) is 13.5 Å². The summed E-state index contributed by atoms with van der Waals surface area (Å²) in [6, 6.07) is 14.2. The molecule has 98 valence electrons. The maximum Gasteiger partial charge on any atom is 0.126 e. The summed E-state index contributed by atoms with van der Waals surface area (Å²) in [6.45, 7) is 0. The third kappa shape index (κ3) is 2.04. The summed E-state index contributed by atoms with van der Waals surface area (Å²) in [5.41, 5.74) is 2.90. The fourth-order valence-corrected chi connectivity index (χ4v) is 2.29. The molecule has 3 rings (SSSR count). The number of nitrogens with zero attached hydrogens (tertiary/aromatic N) is 3. The molecule has 0 saturated carbocycles. The van der Waals surface area contributed by atoms with Gasteiger partial charge in [0.2, 0.25) is 0 Å². The maximum absolute atomic E-state index is 13.7. The van der Waals surface area contributed by atoms with Crippen LogP contribution in [0.1, 0.15) is 17.0 Å². The smallest absolute Gasteiger partial charge is 0.126 e. The Bertz CT molecular complexity index is 827. The second-order valence-corrected chi connectivity index (χ2v) is 4.67. The first-order valence-corrected chi connectivity index (χ1v) is 6.28. The van der Waals surface area contributed by atoms with Crippen molar-refractivity contribution in [2.45, 2.75) is 6.42 Å². The molecule has 1 aromatic heterocycles. The number of nitriles is 1. The minimum absolute atomic E-state index is 0.225. The van der Waals surface area contributed by atoms with Crippen LogP contribution in [0.3, 0.4) is 0 Å². The van der Waals surface area contributed by atoms with Crippen molar-refractivity contribution in [3.05, 3.63) is 65.2 Å². The number of fused-ring (bicyclic) bond motifs is 1. The first kappa shape index (κ1) is 12.4. The highest BCUT2D eigenvalue weighted by Gasteiger charge is 2.11. The van der Waals surface area contributed by atoms with Gasteiger partial charge in [0.25, 0.3) is 0 Å². The van der Waals surface area contributed by atoms with E-state index in [0.29, 0.717) is 17.5 Å². The molecule has 2 aromatic carbocycles. The van der Waals surface area contributed by atoms with Crippen molar-refractivity contribution in [1.82, 2.24) is 9.55 Å². The first-order chi connectivity index (χ1) is 9.69. The lowest BCUT2D eigenvalue weighted by molar-refractivity contribution is 0.611. The van der Waals surface area contributed by atoms with Crippen molar-refractivity contribution in [3.63, 3.8) is 0 Å². The summed E-state index contributed by atoms with van der Waals surface area (Å²) < 4.78 is 15.6. The Morgan fingerprint density at radius 2 is 2.05 bits per heavy atom. The number of aromatic nitrogens is 2. The maximum atomic E-state index is 13.7. The fourth-order valence-electron chi connectivity index (χ4n) is 2.29. The van der Waals surface area contributed by atoms with Gasteiger partial charge in [-0.05, 0) is 29.8 Å². The molecule has 0 aliphatic carbocycles. The predicted octanol–water partition coefficient (Wildman–Crippen LogP) is 3.17. The van der Waals surface area contributed by atoms with Gasteiger partial charge in [0.05, 0.1) is 22.7 Å². The standard InChI is InChI=1S/C16H12FN3/c1-20-15-7-6-11(10-18)8-14(15)19-16(20)9-12-4-2-3-5-13(12)17/h2-8H,9H2,1H3. The van der Waals surface area contributed by atoms with E-state index in [2.05, 4.69) is 11.1 Å². The average Bonchev–Trinajstić information content (AvgIpc) is 2.77. The van der Waals surface area contributed by atoms with E-state index in [-0.39, 0.29) is 5.82 Å². The van der Waals surface area contributed by atoms with Crippen molar-refractivity contribution >= 4 is 11.0 Å². The summed E-state index contributed by atoms with van der Waals surface area (Å²) in [4.78, 5) is 4.50. The predicted molar refractivity (Wildman–Crippen MR) is 74.6 cm³/mol. The Kier molecular flexibility index (Phi) is 2.96. The number of rotatable bonds is 2. The molecule has 4 heteroatoms. The van der Waals surface area contributed by atoms with Crippen molar-refractivity contribution in [2.75, 3.05) is 0 Å². The fraction of sp³-hybridized carbons (Fsp3) is 0.125. The van der Waals surface area contributed by atoms with E-state index >= 15 is 0 Å². The molecule has 3 aromatic rings. The molecule has 20 heavy (non-hydrogen) atoms. The van der Waals surface area contributed by atoms with Gasteiger partial charge in [0.15, 0.2) is 0 Å². The van der Waals surface area contributed by atoms with E-state index in [4.69, 9.17) is 5.26 Å². The zero-order valence-electron chi connectivity index (χ0n) is 11.0. The second-order valence-electron chi connectivity index (χ2n) is 4.67. The number of aryl methyl sites for hydroxylation is 1. The van der Waals surface area contributed by atoms with E-state index in [1.807, 2.05) is 23.7 Å². The monoisotopic (exact) mass is 265 g/mol. The third-order valence-electron chi connectivity index (χ3n) is 3.41. The Hall–Kier alpha value is -2.67. The highest BCUT2D eigenvalue weighted by molar-refractivity contribution is 5.77. The van der Waals surface area contributed by atoms with Gasteiger partial charge in [-0.3, -0.25) is 0 Å². The van der Waals surface area contributed by atoms with Crippen LogP contribution in [0.4, 0.5) is 4.39 Å². The minimum atomic E-state index is -0.225. The molecule has 0 spiro atoms. The molecule has 1 heterocycles. The van der Waals surface area contributed by atoms with Gasteiger partial charge in [0, 0.05) is 13.5 Å². The highest BCUT2D eigenvalue weighted by Crippen LogP contribution is 2.19. The summed E-state index contributed by atoms with van der Waals surface area (Å²) in [6.07, 6.45) is 0.430. The first-order valence-electron chi connectivity index (χ1n) is 6.28. The van der Waals surface area contributed by atoms with Crippen molar-refractivity contribution in [2.24, 2.45) is 7.05 Å². The third-order valence-corrected chi connectivity index (χ3v) is 3.41.